The molecule has 4 atom stereocenters. The van der Waals surface area contributed by atoms with Crippen LogP contribution in [0.5, 0.6) is 0 Å². The predicted octanol–water partition coefficient (Wildman–Crippen LogP) is 2.49. The number of esters is 1. The molecule has 0 bridgehead atoms. The molecule has 0 radical (unpaired) electrons. The number of carbonyl (C=O) groups excluding carboxylic acids is 3. The molecule has 0 spiro atoms. The summed E-state index contributed by atoms with van der Waals surface area (Å²) >= 11 is 0. The SMILES string of the molecule is COC[C@@H]1CC[C@@H](C)[C@](O)(C(=O)C(=O)N2CCCC[C@H]2C(=O)OCc2ccccc2)C1. The Morgan fingerprint density at radius 2 is 1.87 bits per heavy atom. The molecule has 1 amide bonds. The number of carbonyl (C=O) groups is 3. The van der Waals surface area contributed by atoms with Crippen molar-refractivity contribution in [2.24, 2.45) is 11.8 Å². The molecule has 1 saturated heterocycles. The van der Waals surface area contributed by atoms with Crippen molar-refractivity contribution in [3.8, 4) is 0 Å². The summed E-state index contributed by atoms with van der Waals surface area (Å²) in [5, 5.41) is 11.2. The van der Waals surface area contributed by atoms with E-state index in [0.717, 1.165) is 18.4 Å². The lowest BCUT2D eigenvalue weighted by Gasteiger charge is -2.42. The van der Waals surface area contributed by atoms with E-state index in [9.17, 15) is 19.5 Å². The van der Waals surface area contributed by atoms with Gasteiger partial charge in [-0.15, -0.1) is 0 Å². The Labute approximate surface area is 183 Å². The highest BCUT2D eigenvalue weighted by atomic mass is 16.5. The number of ketones is 1. The Bertz CT molecular complexity index is 782. The van der Waals surface area contributed by atoms with Gasteiger partial charge in [-0.1, -0.05) is 37.3 Å². The van der Waals surface area contributed by atoms with Crippen LogP contribution in [-0.4, -0.2) is 59.6 Å². The van der Waals surface area contributed by atoms with Crippen LogP contribution in [0.1, 0.15) is 51.0 Å². The predicted molar refractivity (Wildman–Crippen MR) is 114 cm³/mol. The molecule has 0 unspecified atom stereocenters. The van der Waals surface area contributed by atoms with Crippen molar-refractivity contribution >= 4 is 17.7 Å². The molecule has 3 rings (SSSR count). The lowest BCUT2D eigenvalue weighted by Crippen LogP contribution is -2.59. The molecule has 1 aromatic carbocycles. The second kappa shape index (κ2) is 10.4. The van der Waals surface area contributed by atoms with Gasteiger partial charge in [-0.25, -0.2) is 4.79 Å². The third kappa shape index (κ3) is 5.33. The monoisotopic (exact) mass is 431 g/mol. The number of Topliss-reactive ketones (excluding diaryl/α,β-unsaturated/α-hetero) is 1. The van der Waals surface area contributed by atoms with Gasteiger partial charge in [0, 0.05) is 20.3 Å². The molecule has 1 N–H and O–H groups in total. The van der Waals surface area contributed by atoms with Gasteiger partial charge in [0.15, 0.2) is 0 Å². The molecular formula is C24H33NO6. The second-order valence-electron chi connectivity index (χ2n) is 8.86. The summed E-state index contributed by atoms with van der Waals surface area (Å²) in [5.74, 6) is -2.41. The molecular weight excluding hydrogens is 398 g/mol. The third-order valence-corrected chi connectivity index (χ3v) is 6.67. The van der Waals surface area contributed by atoms with Crippen LogP contribution in [0.3, 0.4) is 0 Å². The number of methoxy groups -OCH3 is 1. The summed E-state index contributed by atoms with van der Waals surface area (Å²) in [6.45, 7) is 2.66. The van der Waals surface area contributed by atoms with Gasteiger partial charge in [-0.05, 0) is 55.9 Å². The van der Waals surface area contributed by atoms with Crippen molar-refractivity contribution < 1.29 is 29.0 Å². The van der Waals surface area contributed by atoms with E-state index in [1.54, 1.807) is 14.0 Å². The first-order valence-corrected chi connectivity index (χ1v) is 11.1. The van der Waals surface area contributed by atoms with Crippen molar-refractivity contribution in [3.63, 3.8) is 0 Å². The van der Waals surface area contributed by atoms with E-state index in [-0.39, 0.29) is 24.9 Å². The lowest BCUT2D eigenvalue weighted by molar-refractivity contribution is -0.169. The summed E-state index contributed by atoms with van der Waals surface area (Å²) in [6.07, 6.45) is 3.63. The summed E-state index contributed by atoms with van der Waals surface area (Å²) in [7, 11) is 1.59. The normalized spacial score (nSPS) is 28.7. The highest BCUT2D eigenvalue weighted by Gasteiger charge is 2.51. The number of piperidine rings is 1. The maximum absolute atomic E-state index is 13.2. The Morgan fingerprint density at radius 1 is 1.13 bits per heavy atom. The highest BCUT2D eigenvalue weighted by Crippen LogP contribution is 2.38. The Kier molecular flexibility index (Phi) is 7.84. The summed E-state index contributed by atoms with van der Waals surface area (Å²) in [6, 6.07) is 8.52. The number of rotatable bonds is 7. The van der Waals surface area contributed by atoms with Crippen LogP contribution >= 0.6 is 0 Å². The van der Waals surface area contributed by atoms with Gasteiger partial charge in [-0.3, -0.25) is 9.59 Å². The number of hydrogen-bond donors (Lipinski definition) is 1. The van der Waals surface area contributed by atoms with E-state index in [0.29, 0.717) is 32.4 Å². The van der Waals surface area contributed by atoms with Gasteiger partial charge >= 0.3 is 5.97 Å². The minimum absolute atomic E-state index is 0.0240. The van der Waals surface area contributed by atoms with Crippen LogP contribution in [0.25, 0.3) is 0 Å². The quantitative estimate of drug-likeness (QED) is 0.527. The third-order valence-electron chi connectivity index (χ3n) is 6.67. The zero-order valence-corrected chi connectivity index (χ0v) is 18.4. The largest absolute Gasteiger partial charge is 0.459 e. The first-order chi connectivity index (χ1) is 14.9. The lowest BCUT2D eigenvalue weighted by atomic mass is 9.69. The fourth-order valence-corrected chi connectivity index (χ4v) is 4.72. The first-order valence-electron chi connectivity index (χ1n) is 11.1. The van der Waals surface area contributed by atoms with Crippen LogP contribution in [0, 0.1) is 11.8 Å². The van der Waals surface area contributed by atoms with Crippen molar-refractivity contribution in [1.82, 2.24) is 4.90 Å². The molecule has 1 saturated carbocycles. The van der Waals surface area contributed by atoms with Crippen LogP contribution < -0.4 is 0 Å². The van der Waals surface area contributed by atoms with E-state index in [4.69, 9.17) is 9.47 Å². The van der Waals surface area contributed by atoms with Gasteiger partial charge in [-0.2, -0.15) is 0 Å². The van der Waals surface area contributed by atoms with Gasteiger partial charge in [0.05, 0.1) is 0 Å². The number of likely N-dealkylation sites (tertiary alicyclic amines) is 1. The number of benzene rings is 1. The molecule has 0 aromatic heterocycles. The van der Waals surface area contributed by atoms with Crippen LogP contribution in [0.4, 0.5) is 0 Å². The summed E-state index contributed by atoms with van der Waals surface area (Å²) in [4.78, 5) is 40.4. The molecule has 2 aliphatic rings. The van der Waals surface area contributed by atoms with Crippen molar-refractivity contribution in [3.05, 3.63) is 35.9 Å². The second-order valence-corrected chi connectivity index (χ2v) is 8.86. The van der Waals surface area contributed by atoms with Crippen molar-refractivity contribution in [2.45, 2.75) is 63.7 Å². The first kappa shape index (κ1) is 23.4. The van der Waals surface area contributed by atoms with Crippen molar-refractivity contribution in [1.29, 1.82) is 0 Å². The van der Waals surface area contributed by atoms with Crippen LogP contribution in [-0.2, 0) is 30.5 Å². The topological polar surface area (TPSA) is 93.1 Å². The van der Waals surface area contributed by atoms with E-state index in [1.807, 2.05) is 30.3 Å². The minimum Gasteiger partial charge on any atom is -0.459 e. The van der Waals surface area contributed by atoms with Gasteiger partial charge in [0.1, 0.15) is 18.2 Å². The maximum atomic E-state index is 13.2. The molecule has 7 nitrogen and oxygen atoms in total. The Morgan fingerprint density at radius 3 is 2.58 bits per heavy atom. The van der Waals surface area contributed by atoms with E-state index < -0.39 is 29.3 Å². The van der Waals surface area contributed by atoms with Gasteiger partial charge < -0.3 is 19.5 Å². The minimum atomic E-state index is -1.73. The number of nitrogens with zero attached hydrogens (tertiary/aromatic N) is 1. The standard InChI is InChI=1S/C24H33NO6/c1-17-11-12-19(15-30-2)14-24(17,29)21(26)22(27)25-13-7-6-10-20(25)23(28)31-16-18-8-4-3-5-9-18/h3-5,8-9,17,19-20,29H,6-7,10-16H2,1-2H3/t17-,19-,20+,24+/m1/s1. The number of hydrogen-bond acceptors (Lipinski definition) is 6. The van der Waals surface area contributed by atoms with Crippen LogP contribution in [0.15, 0.2) is 30.3 Å². The summed E-state index contributed by atoms with van der Waals surface area (Å²) < 4.78 is 10.6. The van der Waals surface area contributed by atoms with Gasteiger partial charge in [0.25, 0.3) is 11.7 Å². The number of ether oxygens (including phenoxy) is 2. The Balaban J connectivity index is 1.70. The van der Waals surface area contributed by atoms with Gasteiger partial charge in [0.2, 0.25) is 0 Å². The zero-order valence-electron chi connectivity index (χ0n) is 18.4. The summed E-state index contributed by atoms with van der Waals surface area (Å²) in [5.41, 5.74) is -0.871. The highest BCUT2D eigenvalue weighted by molar-refractivity contribution is 6.39. The maximum Gasteiger partial charge on any atom is 0.329 e. The number of amides is 1. The molecule has 1 aromatic rings. The molecule has 7 heteroatoms. The zero-order chi connectivity index (χ0) is 22.4. The molecule has 170 valence electrons. The fraction of sp³-hybridized carbons (Fsp3) is 0.625. The number of aliphatic hydroxyl groups is 1. The van der Waals surface area contributed by atoms with E-state index in [2.05, 4.69) is 0 Å². The molecule has 2 fully saturated rings. The van der Waals surface area contributed by atoms with Crippen LogP contribution in [0.2, 0.25) is 0 Å². The molecule has 1 heterocycles. The molecule has 1 aliphatic heterocycles. The molecule has 31 heavy (non-hydrogen) atoms. The van der Waals surface area contributed by atoms with E-state index >= 15 is 0 Å². The average Bonchev–Trinajstić information content (AvgIpc) is 2.80. The van der Waals surface area contributed by atoms with E-state index in [1.165, 1.54) is 4.90 Å². The van der Waals surface area contributed by atoms with Crippen molar-refractivity contribution in [2.75, 3.05) is 20.3 Å². The molecule has 1 aliphatic carbocycles. The average molecular weight is 432 g/mol. The Hall–Kier alpha value is -2.25. The smallest absolute Gasteiger partial charge is 0.329 e. The fourth-order valence-electron chi connectivity index (χ4n) is 4.72.